The zero-order valence-electron chi connectivity index (χ0n) is 15.8. The number of rotatable bonds is 6. The summed E-state index contributed by atoms with van der Waals surface area (Å²) < 4.78 is 27.1. The van der Waals surface area contributed by atoms with Gasteiger partial charge in [-0.25, -0.2) is 8.42 Å². The number of hydrogen-bond donors (Lipinski definition) is 0. The molecule has 1 aliphatic rings. The molecule has 1 aliphatic heterocycles. The highest BCUT2D eigenvalue weighted by atomic mass is 32.2. The van der Waals surface area contributed by atoms with E-state index in [1.54, 1.807) is 17.0 Å². The van der Waals surface area contributed by atoms with Gasteiger partial charge >= 0.3 is 0 Å². The number of sulfonamides is 1. The number of piperazine rings is 1. The third kappa shape index (κ3) is 4.82. The summed E-state index contributed by atoms with van der Waals surface area (Å²) in [5, 5.41) is 0. The molecule has 0 N–H and O–H groups in total. The summed E-state index contributed by atoms with van der Waals surface area (Å²) in [5.41, 5.74) is 2.05. The normalized spacial score (nSPS) is 17.5. The molecule has 0 radical (unpaired) electrons. The molecule has 1 atom stereocenters. The molecule has 1 aromatic rings. The van der Waals surface area contributed by atoms with Gasteiger partial charge in [0.2, 0.25) is 15.9 Å². The lowest BCUT2D eigenvalue weighted by Gasteiger charge is -2.34. The van der Waals surface area contributed by atoms with Crippen molar-refractivity contribution in [1.82, 2.24) is 9.21 Å². The maximum atomic E-state index is 12.8. The van der Waals surface area contributed by atoms with Gasteiger partial charge in [-0.3, -0.25) is 4.79 Å². The summed E-state index contributed by atoms with van der Waals surface area (Å²) >= 11 is 0. The van der Waals surface area contributed by atoms with Crippen LogP contribution in [-0.4, -0.2) is 49.7 Å². The zero-order valence-corrected chi connectivity index (χ0v) is 16.6. The highest BCUT2D eigenvalue weighted by Crippen LogP contribution is 2.21. The predicted molar refractivity (Wildman–Crippen MR) is 99.9 cm³/mol. The number of hydrogen-bond acceptors (Lipinski definition) is 3. The molecule has 1 saturated heterocycles. The average Bonchev–Trinajstić information content (AvgIpc) is 2.57. The fraction of sp³-hybridized carbons (Fsp3) is 0.632. The third-order valence-corrected chi connectivity index (χ3v) is 6.91. The molecule has 6 heteroatoms. The van der Waals surface area contributed by atoms with Gasteiger partial charge in [0, 0.05) is 32.6 Å². The van der Waals surface area contributed by atoms with Crippen LogP contribution in [0.2, 0.25) is 0 Å². The van der Waals surface area contributed by atoms with E-state index in [9.17, 15) is 13.2 Å². The van der Waals surface area contributed by atoms with Gasteiger partial charge in [0.15, 0.2) is 0 Å². The van der Waals surface area contributed by atoms with E-state index >= 15 is 0 Å². The Labute approximate surface area is 152 Å². The van der Waals surface area contributed by atoms with E-state index in [1.165, 1.54) is 4.31 Å². The summed E-state index contributed by atoms with van der Waals surface area (Å²) in [6.07, 6.45) is 2.68. The van der Waals surface area contributed by atoms with E-state index in [2.05, 4.69) is 13.8 Å². The average molecular weight is 367 g/mol. The molecule has 1 amide bonds. The molecule has 140 valence electrons. The molecule has 5 nitrogen and oxygen atoms in total. The molecule has 0 aromatic heterocycles. The summed E-state index contributed by atoms with van der Waals surface area (Å²) in [6, 6.07) is 5.24. The van der Waals surface area contributed by atoms with E-state index in [-0.39, 0.29) is 5.91 Å². The summed E-state index contributed by atoms with van der Waals surface area (Å²) in [6.45, 7) is 9.78. The van der Waals surface area contributed by atoms with Crippen LogP contribution in [0.5, 0.6) is 0 Å². The van der Waals surface area contributed by atoms with Gasteiger partial charge in [0.05, 0.1) is 4.90 Å². The first-order chi connectivity index (χ1) is 11.8. The van der Waals surface area contributed by atoms with Crippen LogP contribution in [0, 0.1) is 19.8 Å². The summed E-state index contributed by atoms with van der Waals surface area (Å²) in [5.74, 6) is 0.527. The molecule has 2 rings (SSSR count). The van der Waals surface area contributed by atoms with Gasteiger partial charge in [-0.2, -0.15) is 4.31 Å². The topological polar surface area (TPSA) is 57.7 Å². The number of amides is 1. The molecular formula is C19H30N2O3S. The maximum absolute atomic E-state index is 12.8. The fourth-order valence-corrected chi connectivity index (χ4v) is 4.73. The van der Waals surface area contributed by atoms with Gasteiger partial charge in [-0.1, -0.05) is 32.8 Å². The number of carbonyl (C=O) groups excluding carboxylic acids is 1. The first-order valence-corrected chi connectivity index (χ1v) is 10.5. The van der Waals surface area contributed by atoms with Crippen LogP contribution in [0.1, 0.15) is 44.2 Å². The molecular weight excluding hydrogens is 336 g/mol. The van der Waals surface area contributed by atoms with Crippen molar-refractivity contribution < 1.29 is 13.2 Å². The Morgan fingerprint density at radius 3 is 2.32 bits per heavy atom. The van der Waals surface area contributed by atoms with Crippen molar-refractivity contribution in [2.24, 2.45) is 5.92 Å². The minimum absolute atomic E-state index is 0.143. The second kappa shape index (κ2) is 8.32. The minimum Gasteiger partial charge on any atom is -0.340 e. The highest BCUT2D eigenvalue weighted by molar-refractivity contribution is 7.89. The second-order valence-electron chi connectivity index (χ2n) is 7.13. The first kappa shape index (κ1) is 19.9. The quantitative estimate of drug-likeness (QED) is 0.778. The van der Waals surface area contributed by atoms with Crippen LogP contribution in [-0.2, 0) is 14.8 Å². The van der Waals surface area contributed by atoms with Crippen molar-refractivity contribution in [2.45, 2.75) is 51.9 Å². The van der Waals surface area contributed by atoms with Crippen molar-refractivity contribution in [3.05, 3.63) is 29.3 Å². The number of nitrogens with zero attached hydrogens (tertiary/aromatic N) is 2. The second-order valence-corrected chi connectivity index (χ2v) is 9.07. The lowest BCUT2D eigenvalue weighted by molar-refractivity contribution is -0.133. The van der Waals surface area contributed by atoms with Gasteiger partial charge < -0.3 is 4.90 Å². The molecule has 0 saturated carbocycles. The molecule has 0 aliphatic carbocycles. The van der Waals surface area contributed by atoms with Crippen molar-refractivity contribution >= 4 is 15.9 Å². The Morgan fingerprint density at radius 1 is 1.12 bits per heavy atom. The van der Waals surface area contributed by atoms with Crippen LogP contribution in [0.15, 0.2) is 23.1 Å². The molecule has 1 heterocycles. The highest BCUT2D eigenvalue weighted by Gasteiger charge is 2.30. The molecule has 25 heavy (non-hydrogen) atoms. The van der Waals surface area contributed by atoms with Crippen LogP contribution in [0.3, 0.4) is 0 Å². The smallest absolute Gasteiger partial charge is 0.243 e. The molecule has 1 unspecified atom stereocenters. The van der Waals surface area contributed by atoms with Crippen LogP contribution in [0.25, 0.3) is 0 Å². The largest absolute Gasteiger partial charge is 0.340 e. The standard InChI is InChI=1S/C19H30N2O3S/c1-5-6-15(2)13-19(22)20-9-11-21(12-10-20)25(23,24)18-8-7-16(3)17(4)14-18/h7-8,14-15H,5-6,9-13H2,1-4H3. The van der Waals surface area contributed by atoms with E-state index in [1.807, 2.05) is 19.9 Å². The van der Waals surface area contributed by atoms with Crippen molar-refractivity contribution in [2.75, 3.05) is 26.2 Å². The minimum atomic E-state index is -3.49. The maximum Gasteiger partial charge on any atom is 0.243 e. The van der Waals surface area contributed by atoms with E-state index in [0.29, 0.717) is 43.4 Å². The monoisotopic (exact) mass is 366 g/mol. The Balaban J connectivity index is 1.99. The lowest BCUT2D eigenvalue weighted by atomic mass is 10.0. The summed E-state index contributed by atoms with van der Waals surface area (Å²) in [4.78, 5) is 14.5. The SMILES string of the molecule is CCCC(C)CC(=O)N1CCN(S(=O)(=O)c2ccc(C)c(C)c2)CC1. The number of aryl methyl sites for hydroxylation is 2. The van der Waals surface area contributed by atoms with Gasteiger partial charge in [0.25, 0.3) is 0 Å². The van der Waals surface area contributed by atoms with Crippen LogP contribution < -0.4 is 0 Å². The van der Waals surface area contributed by atoms with Gasteiger partial charge in [-0.15, -0.1) is 0 Å². The molecule has 0 bridgehead atoms. The Hall–Kier alpha value is -1.40. The van der Waals surface area contributed by atoms with Crippen LogP contribution >= 0.6 is 0 Å². The molecule has 1 aromatic carbocycles. The van der Waals surface area contributed by atoms with Crippen molar-refractivity contribution in [3.8, 4) is 0 Å². The first-order valence-electron chi connectivity index (χ1n) is 9.11. The predicted octanol–water partition coefficient (Wildman–Crippen LogP) is 2.96. The van der Waals surface area contributed by atoms with E-state index in [0.717, 1.165) is 24.0 Å². The summed E-state index contributed by atoms with van der Waals surface area (Å²) in [7, 11) is -3.49. The van der Waals surface area contributed by atoms with E-state index in [4.69, 9.17) is 0 Å². The number of benzene rings is 1. The fourth-order valence-electron chi connectivity index (χ4n) is 3.22. The Kier molecular flexibility index (Phi) is 6.63. The molecule has 1 fully saturated rings. The van der Waals surface area contributed by atoms with Crippen molar-refractivity contribution in [3.63, 3.8) is 0 Å². The lowest BCUT2D eigenvalue weighted by Crippen LogP contribution is -2.50. The van der Waals surface area contributed by atoms with Gasteiger partial charge in [0.1, 0.15) is 0 Å². The molecule has 0 spiro atoms. The Bertz CT molecular complexity index is 707. The van der Waals surface area contributed by atoms with Crippen LogP contribution in [0.4, 0.5) is 0 Å². The third-order valence-electron chi connectivity index (χ3n) is 5.01. The van der Waals surface area contributed by atoms with Gasteiger partial charge in [-0.05, 0) is 43.0 Å². The number of carbonyl (C=O) groups is 1. The Morgan fingerprint density at radius 2 is 1.76 bits per heavy atom. The van der Waals surface area contributed by atoms with Crippen molar-refractivity contribution in [1.29, 1.82) is 0 Å². The zero-order chi connectivity index (χ0) is 18.6. The van der Waals surface area contributed by atoms with E-state index < -0.39 is 10.0 Å².